The molecule has 1 aromatic heterocycles. The number of carbonyl (C=O) groups is 1. The van der Waals surface area contributed by atoms with Crippen molar-refractivity contribution >= 4 is 5.78 Å². The van der Waals surface area contributed by atoms with Crippen LogP contribution in [0.2, 0.25) is 0 Å². The Morgan fingerprint density at radius 1 is 1.10 bits per heavy atom. The fourth-order valence-electron chi connectivity index (χ4n) is 1.94. The summed E-state index contributed by atoms with van der Waals surface area (Å²) in [6.45, 7) is 0. The van der Waals surface area contributed by atoms with Gasteiger partial charge in [-0.3, -0.25) is 4.79 Å². The molecule has 0 amide bonds. The molecular formula is C14H16N2O4. The summed E-state index contributed by atoms with van der Waals surface area (Å²) in [6, 6.07) is 3.24. The van der Waals surface area contributed by atoms with E-state index in [9.17, 15) is 4.79 Å². The number of methoxy groups -OCH3 is 3. The quantitative estimate of drug-likeness (QED) is 0.777. The average molecular weight is 276 g/mol. The Hall–Kier alpha value is -2.50. The van der Waals surface area contributed by atoms with E-state index in [4.69, 9.17) is 14.2 Å². The second-order valence-electron chi connectivity index (χ2n) is 4.13. The van der Waals surface area contributed by atoms with Crippen molar-refractivity contribution in [3.05, 3.63) is 35.9 Å². The van der Waals surface area contributed by atoms with Crippen LogP contribution in [0.1, 0.15) is 16.1 Å². The first-order valence-corrected chi connectivity index (χ1v) is 5.93. The maximum Gasteiger partial charge on any atom is 0.211 e. The fraction of sp³-hybridized carbons (Fsp3) is 0.286. The maximum absolute atomic E-state index is 12.5. The van der Waals surface area contributed by atoms with Gasteiger partial charge in [0.05, 0.1) is 33.9 Å². The summed E-state index contributed by atoms with van der Waals surface area (Å²) in [7, 11) is 6.30. The number of nitrogens with zero attached hydrogens (tertiary/aromatic N) is 2. The van der Waals surface area contributed by atoms with Crippen LogP contribution in [0.15, 0.2) is 24.7 Å². The number of benzene rings is 1. The van der Waals surface area contributed by atoms with E-state index in [-0.39, 0.29) is 5.78 Å². The smallest absolute Gasteiger partial charge is 0.211 e. The molecule has 0 spiro atoms. The lowest BCUT2D eigenvalue weighted by Gasteiger charge is -2.13. The second kappa shape index (κ2) is 5.64. The lowest BCUT2D eigenvalue weighted by molar-refractivity contribution is 0.103. The molecule has 0 N–H and O–H groups in total. The van der Waals surface area contributed by atoms with Gasteiger partial charge in [-0.1, -0.05) is 0 Å². The van der Waals surface area contributed by atoms with Gasteiger partial charge in [-0.2, -0.15) is 0 Å². The predicted molar refractivity (Wildman–Crippen MR) is 72.7 cm³/mol. The number of imidazole rings is 1. The van der Waals surface area contributed by atoms with E-state index in [0.29, 0.717) is 28.5 Å². The van der Waals surface area contributed by atoms with Crippen molar-refractivity contribution in [1.29, 1.82) is 0 Å². The molecule has 0 fully saturated rings. The van der Waals surface area contributed by atoms with E-state index in [1.807, 2.05) is 0 Å². The minimum atomic E-state index is -0.163. The number of hydrogen-bond donors (Lipinski definition) is 0. The zero-order valence-electron chi connectivity index (χ0n) is 11.8. The van der Waals surface area contributed by atoms with E-state index in [2.05, 4.69) is 4.98 Å². The Labute approximate surface area is 116 Å². The fourth-order valence-corrected chi connectivity index (χ4v) is 1.94. The van der Waals surface area contributed by atoms with Gasteiger partial charge in [0.1, 0.15) is 5.69 Å². The van der Waals surface area contributed by atoms with Crippen LogP contribution in [0.3, 0.4) is 0 Å². The van der Waals surface area contributed by atoms with Crippen molar-refractivity contribution in [3.8, 4) is 17.2 Å². The third kappa shape index (κ3) is 2.32. The summed E-state index contributed by atoms with van der Waals surface area (Å²) in [5.74, 6) is 1.18. The molecule has 6 heteroatoms. The van der Waals surface area contributed by atoms with Crippen molar-refractivity contribution in [1.82, 2.24) is 9.55 Å². The number of aromatic nitrogens is 2. The van der Waals surface area contributed by atoms with E-state index >= 15 is 0 Å². The highest BCUT2D eigenvalue weighted by atomic mass is 16.5. The molecule has 2 rings (SSSR count). The first kappa shape index (κ1) is 13.9. The Kier molecular flexibility index (Phi) is 3.93. The minimum Gasteiger partial charge on any atom is -0.493 e. The van der Waals surface area contributed by atoms with Gasteiger partial charge in [-0.25, -0.2) is 4.98 Å². The monoisotopic (exact) mass is 276 g/mol. The van der Waals surface area contributed by atoms with Gasteiger partial charge < -0.3 is 18.8 Å². The molecule has 0 atom stereocenters. The van der Waals surface area contributed by atoms with Gasteiger partial charge in [0.25, 0.3) is 0 Å². The summed E-state index contributed by atoms with van der Waals surface area (Å²) >= 11 is 0. The summed E-state index contributed by atoms with van der Waals surface area (Å²) < 4.78 is 17.4. The normalized spacial score (nSPS) is 10.2. The molecule has 1 aromatic carbocycles. The molecule has 0 aliphatic rings. The van der Waals surface area contributed by atoms with E-state index in [1.54, 1.807) is 30.1 Å². The number of rotatable bonds is 5. The molecule has 6 nitrogen and oxygen atoms in total. The van der Waals surface area contributed by atoms with Crippen LogP contribution in [-0.2, 0) is 7.05 Å². The van der Waals surface area contributed by atoms with Crippen molar-refractivity contribution < 1.29 is 19.0 Å². The number of ketones is 1. The zero-order valence-corrected chi connectivity index (χ0v) is 11.8. The van der Waals surface area contributed by atoms with Gasteiger partial charge >= 0.3 is 0 Å². The van der Waals surface area contributed by atoms with Crippen molar-refractivity contribution in [2.24, 2.45) is 7.05 Å². The topological polar surface area (TPSA) is 62.6 Å². The van der Waals surface area contributed by atoms with Gasteiger partial charge in [0, 0.05) is 12.6 Å². The Bertz CT molecular complexity index is 609. The molecule has 2 aromatic rings. The molecule has 0 saturated carbocycles. The number of hydrogen-bond acceptors (Lipinski definition) is 5. The molecular weight excluding hydrogens is 260 g/mol. The van der Waals surface area contributed by atoms with Crippen molar-refractivity contribution in [2.75, 3.05) is 21.3 Å². The Morgan fingerprint density at radius 3 is 2.10 bits per heavy atom. The third-order valence-electron chi connectivity index (χ3n) is 2.98. The lowest BCUT2D eigenvalue weighted by atomic mass is 10.1. The van der Waals surface area contributed by atoms with E-state index in [1.165, 1.54) is 27.5 Å². The zero-order chi connectivity index (χ0) is 14.7. The van der Waals surface area contributed by atoms with Gasteiger partial charge in [0.15, 0.2) is 11.5 Å². The van der Waals surface area contributed by atoms with Gasteiger partial charge in [-0.15, -0.1) is 0 Å². The van der Waals surface area contributed by atoms with Crippen LogP contribution >= 0.6 is 0 Å². The summed E-state index contributed by atoms with van der Waals surface area (Å²) in [5.41, 5.74) is 0.933. The maximum atomic E-state index is 12.5. The highest BCUT2D eigenvalue weighted by Gasteiger charge is 2.19. The SMILES string of the molecule is COc1cc(C(=O)c2cncn2C)cc(OC)c1OC. The van der Waals surface area contributed by atoms with E-state index in [0.717, 1.165) is 0 Å². The standard InChI is InChI=1S/C14H16N2O4/c1-16-8-15-7-10(16)13(17)9-5-11(18-2)14(20-4)12(6-9)19-3/h5-8H,1-4H3. The van der Waals surface area contributed by atoms with Gasteiger partial charge in [0.2, 0.25) is 11.5 Å². The van der Waals surface area contributed by atoms with Crippen LogP contribution in [0.4, 0.5) is 0 Å². The predicted octanol–water partition coefficient (Wildman–Crippen LogP) is 1.68. The average Bonchev–Trinajstić information content (AvgIpc) is 2.90. The van der Waals surface area contributed by atoms with Crippen molar-refractivity contribution in [3.63, 3.8) is 0 Å². The van der Waals surface area contributed by atoms with Crippen LogP contribution in [0.5, 0.6) is 17.2 Å². The molecule has 0 aliphatic carbocycles. The molecule has 0 aliphatic heterocycles. The first-order chi connectivity index (χ1) is 9.62. The van der Waals surface area contributed by atoms with Crippen LogP contribution in [0, 0.1) is 0 Å². The Balaban J connectivity index is 2.53. The van der Waals surface area contributed by atoms with Crippen molar-refractivity contribution in [2.45, 2.75) is 0 Å². The van der Waals surface area contributed by atoms with Crippen LogP contribution in [-0.4, -0.2) is 36.7 Å². The third-order valence-corrected chi connectivity index (χ3v) is 2.98. The number of ether oxygens (including phenoxy) is 3. The molecule has 0 saturated heterocycles. The molecule has 0 bridgehead atoms. The lowest BCUT2D eigenvalue weighted by Crippen LogP contribution is -2.08. The first-order valence-electron chi connectivity index (χ1n) is 5.93. The Morgan fingerprint density at radius 2 is 1.70 bits per heavy atom. The highest BCUT2D eigenvalue weighted by molar-refractivity contribution is 6.08. The van der Waals surface area contributed by atoms with Crippen LogP contribution < -0.4 is 14.2 Å². The molecule has 106 valence electrons. The highest BCUT2D eigenvalue weighted by Crippen LogP contribution is 2.38. The largest absolute Gasteiger partial charge is 0.493 e. The number of aryl methyl sites for hydroxylation is 1. The number of carbonyl (C=O) groups excluding carboxylic acids is 1. The second-order valence-corrected chi connectivity index (χ2v) is 4.13. The van der Waals surface area contributed by atoms with Gasteiger partial charge in [-0.05, 0) is 12.1 Å². The molecule has 0 unspecified atom stereocenters. The minimum absolute atomic E-state index is 0.163. The van der Waals surface area contributed by atoms with E-state index < -0.39 is 0 Å². The summed E-state index contributed by atoms with van der Waals surface area (Å²) in [5, 5.41) is 0. The summed E-state index contributed by atoms with van der Waals surface area (Å²) in [4.78, 5) is 16.4. The summed E-state index contributed by atoms with van der Waals surface area (Å²) in [6.07, 6.45) is 3.09. The van der Waals surface area contributed by atoms with Crippen LogP contribution in [0.25, 0.3) is 0 Å². The molecule has 0 radical (unpaired) electrons. The molecule has 1 heterocycles. The molecule has 20 heavy (non-hydrogen) atoms.